The highest BCUT2D eigenvalue weighted by atomic mass is 28.5. The van der Waals surface area contributed by atoms with Gasteiger partial charge in [-0.2, -0.15) is 0 Å². The summed E-state index contributed by atoms with van der Waals surface area (Å²) in [6.07, 6.45) is 0. The van der Waals surface area contributed by atoms with E-state index in [1.54, 1.807) is 17.1 Å². The molecule has 0 amide bonds. The van der Waals surface area contributed by atoms with E-state index in [9.17, 15) is 0 Å². The van der Waals surface area contributed by atoms with Gasteiger partial charge in [0.25, 0.3) is 0 Å². The minimum absolute atomic E-state index is 0.246. The molecule has 0 aliphatic rings. The first-order chi connectivity index (χ1) is 6.39. The zero-order valence-corrected chi connectivity index (χ0v) is 12.2. The van der Waals surface area contributed by atoms with Gasteiger partial charge in [-0.25, -0.2) is 0 Å². The molecule has 78 valence electrons. The second-order valence-electron chi connectivity index (χ2n) is 3.77. The highest BCUT2D eigenvalue weighted by molar-refractivity contribution is 6.89. The van der Waals surface area contributed by atoms with E-state index in [1.165, 1.54) is 0 Å². The molecule has 0 fully saturated rings. The molecule has 0 aromatic rings. The highest BCUT2D eigenvalue weighted by Crippen LogP contribution is 2.17. The van der Waals surface area contributed by atoms with Gasteiger partial charge in [-0.1, -0.05) is 5.70 Å². The molecule has 2 radical (unpaired) electrons. The third-order valence-corrected chi connectivity index (χ3v) is 8.11. The van der Waals surface area contributed by atoms with Crippen LogP contribution in [0.25, 0.3) is 0 Å². The molecular formula is C9H18O2Si3. The highest BCUT2D eigenvalue weighted by Gasteiger charge is 2.35. The van der Waals surface area contributed by atoms with Crippen LogP contribution in [-0.2, 0) is 8.23 Å². The number of hydrogen-bond acceptors (Lipinski definition) is 2. The van der Waals surface area contributed by atoms with Crippen LogP contribution in [0.2, 0.25) is 19.6 Å². The van der Waals surface area contributed by atoms with Gasteiger partial charge in [0.05, 0.1) is 0 Å². The first-order valence-electron chi connectivity index (χ1n) is 4.41. The molecule has 0 aliphatic heterocycles. The summed E-state index contributed by atoms with van der Waals surface area (Å²) in [6, 6.07) is 0. The van der Waals surface area contributed by atoms with E-state index < -0.39 is 16.9 Å². The summed E-state index contributed by atoms with van der Waals surface area (Å²) in [5.41, 5.74) is 5.28. The summed E-state index contributed by atoms with van der Waals surface area (Å²) >= 11 is 0. The van der Waals surface area contributed by atoms with Gasteiger partial charge in [0.1, 0.15) is 0 Å². The molecule has 0 spiro atoms. The van der Waals surface area contributed by atoms with Crippen LogP contribution in [0.5, 0.6) is 0 Å². The molecule has 2 nitrogen and oxygen atoms in total. The molecule has 0 atom stereocenters. The Morgan fingerprint density at radius 2 is 1.57 bits per heavy atom. The molecule has 0 aromatic carbocycles. The Kier molecular flexibility index (Phi) is 5.53. The van der Waals surface area contributed by atoms with Crippen molar-refractivity contribution in [2.75, 3.05) is 0 Å². The molecule has 0 N–H and O–H groups in total. The number of rotatable bonds is 7. The lowest BCUT2D eigenvalue weighted by Crippen LogP contribution is -2.47. The fraction of sp³-hybridized carbons (Fsp3) is 0.333. The molecule has 0 bridgehead atoms. The van der Waals surface area contributed by atoms with Crippen LogP contribution < -0.4 is 0 Å². The zero-order chi connectivity index (χ0) is 11.2. The van der Waals surface area contributed by atoms with E-state index in [-0.39, 0.29) is 9.76 Å². The maximum absolute atomic E-state index is 6.00. The normalized spacial score (nSPS) is 12.2. The van der Waals surface area contributed by atoms with Gasteiger partial charge in [0, 0.05) is 0 Å². The monoisotopic (exact) mass is 242 g/mol. The van der Waals surface area contributed by atoms with Crippen molar-refractivity contribution in [3.05, 3.63) is 36.8 Å². The maximum Gasteiger partial charge on any atom is 0.370 e. The molecule has 0 rings (SSSR count). The largest absolute Gasteiger partial charge is 0.431 e. The van der Waals surface area contributed by atoms with Crippen molar-refractivity contribution < 1.29 is 8.23 Å². The molecule has 0 saturated carbocycles. The average Bonchev–Trinajstić information content (AvgIpc) is 2.10. The second kappa shape index (κ2) is 5.62. The van der Waals surface area contributed by atoms with E-state index in [4.69, 9.17) is 8.23 Å². The van der Waals surface area contributed by atoms with Crippen molar-refractivity contribution in [3.8, 4) is 0 Å². The third-order valence-electron chi connectivity index (χ3n) is 1.34. The van der Waals surface area contributed by atoms with Crippen LogP contribution in [0, 0.1) is 0 Å². The standard InChI is InChI=1S/C9H18O2Si3/c1-7-12-10-14(8-2,9-3)11-13(4,5)6/h7-9H,1-3H2,4-6H3. The Morgan fingerprint density at radius 1 is 1.07 bits per heavy atom. The summed E-state index contributed by atoms with van der Waals surface area (Å²) in [5, 5.41) is 0. The topological polar surface area (TPSA) is 18.5 Å². The summed E-state index contributed by atoms with van der Waals surface area (Å²) < 4.78 is 11.7. The van der Waals surface area contributed by atoms with Crippen LogP contribution in [0.1, 0.15) is 0 Å². The summed E-state index contributed by atoms with van der Waals surface area (Å²) in [7, 11) is -3.74. The summed E-state index contributed by atoms with van der Waals surface area (Å²) in [6.45, 7) is 17.6. The Morgan fingerprint density at radius 3 is 1.86 bits per heavy atom. The maximum atomic E-state index is 6.00. The van der Waals surface area contributed by atoms with E-state index in [1.807, 2.05) is 0 Å². The van der Waals surface area contributed by atoms with E-state index in [2.05, 4.69) is 39.4 Å². The predicted octanol–water partition coefficient (Wildman–Crippen LogP) is 2.51. The van der Waals surface area contributed by atoms with Crippen molar-refractivity contribution in [1.82, 2.24) is 0 Å². The Bertz CT molecular complexity index is 213. The van der Waals surface area contributed by atoms with E-state index >= 15 is 0 Å². The molecule has 5 heteroatoms. The van der Waals surface area contributed by atoms with Crippen LogP contribution >= 0.6 is 0 Å². The average molecular weight is 242 g/mol. The predicted molar refractivity (Wildman–Crippen MR) is 67.6 cm³/mol. The molecule has 14 heavy (non-hydrogen) atoms. The molecule has 0 aliphatic carbocycles. The zero-order valence-electron chi connectivity index (χ0n) is 9.17. The first-order valence-corrected chi connectivity index (χ1v) is 10.8. The van der Waals surface area contributed by atoms with Crippen molar-refractivity contribution in [1.29, 1.82) is 0 Å². The second-order valence-corrected chi connectivity index (χ2v) is 12.5. The van der Waals surface area contributed by atoms with Crippen molar-refractivity contribution >= 4 is 26.6 Å². The fourth-order valence-corrected chi connectivity index (χ4v) is 7.82. The number of hydrogen-bond donors (Lipinski definition) is 0. The van der Waals surface area contributed by atoms with Gasteiger partial charge in [0.2, 0.25) is 9.76 Å². The van der Waals surface area contributed by atoms with Crippen molar-refractivity contribution in [2.45, 2.75) is 19.6 Å². The fourth-order valence-electron chi connectivity index (χ4n) is 0.883. The van der Waals surface area contributed by atoms with Gasteiger partial charge in [-0.15, -0.1) is 19.7 Å². The first kappa shape index (κ1) is 13.8. The lowest BCUT2D eigenvalue weighted by atomic mass is 11.2. The molecular weight excluding hydrogens is 224 g/mol. The van der Waals surface area contributed by atoms with Crippen LogP contribution in [0.15, 0.2) is 36.8 Å². The molecule has 0 saturated heterocycles. The lowest BCUT2D eigenvalue weighted by Gasteiger charge is -2.31. The third kappa shape index (κ3) is 4.87. The summed E-state index contributed by atoms with van der Waals surface area (Å²) in [5.74, 6) is 0. The quantitative estimate of drug-likeness (QED) is 0.639. The molecule has 0 unspecified atom stereocenters. The lowest BCUT2D eigenvalue weighted by molar-refractivity contribution is 0.429. The van der Waals surface area contributed by atoms with Crippen LogP contribution in [-0.4, -0.2) is 26.6 Å². The Labute approximate surface area is 91.6 Å². The Hall–Kier alpha value is -0.209. The van der Waals surface area contributed by atoms with Gasteiger partial charge in [-0.3, -0.25) is 0 Å². The van der Waals surface area contributed by atoms with Gasteiger partial charge in [0.15, 0.2) is 8.32 Å². The van der Waals surface area contributed by atoms with Crippen molar-refractivity contribution in [2.24, 2.45) is 0 Å². The summed E-state index contributed by atoms with van der Waals surface area (Å²) in [4.78, 5) is 0. The van der Waals surface area contributed by atoms with Crippen LogP contribution in [0.4, 0.5) is 0 Å². The van der Waals surface area contributed by atoms with Crippen molar-refractivity contribution in [3.63, 3.8) is 0 Å². The van der Waals surface area contributed by atoms with E-state index in [0.717, 1.165) is 0 Å². The minimum atomic E-state index is -2.37. The van der Waals surface area contributed by atoms with Gasteiger partial charge in [-0.05, 0) is 31.0 Å². The van der Waals surface area contributed by atoms with Crippen LogP contribution in [0.3, 0.4) is 0 Å². The molecule has 0 aromatic heterocycles. The Balaban J connectivity index is 4.60. The SMILES string of the molecule is C=C[Si]O[Si](C=C)(C=C)O[Si](C)(C)C. The van der Waals surface area contributed by atoms with Gasteiger partial charge >= 0.3 is 8.56 Å². The molecule has 0 heterocycles. The van der Waals surface area contributed by atoms with E-state index in [0.29, 0.717) is 0 Å². The van der Waals surface area contributed by atoms with Gasteiger partial charge < -0.3 is 8.23 Å². The smallest absolute Gasteiger partial charge is 0.370 e. The minimum Gasteiger partial charge on any atom is -0.431 e.